The Morgan fingerprint density at radius 1 is 1.00 bits per heavy atom. The van der Waals surface area contributed by atoms with Crippen molar-refractivity contribution < 1.29 is 23.8 Å². The summed E-state index contributed by atoms with van der Waals surface area (Å²) in [5.41, 5.74) is 3.88. The van der Waals surface area contributed by atoms with E-state index in [1.807, 2.05) is 0 Å². The first-order valence-electron chi connectivity index (χ1n) is 9.83. The number of hydrogen-bond donors (Lipinski definition) is 1. The molecule has 0 radical (unpaired) electrons. The molecule has 3 aromatic carbocycles. The number of methoxy groups -OCH3 is 1. The average molecular weight is 465 g/mol. The summed E-state index contributed by atoms with van der Waals surface area (Å²) in [5, 5.41) is 4.49. The minimum Gasteiger partial charge on any atom is -0.493 e. The standard InChI is InChI=1S/C25H21ClN2O5/c1-3-14-32-21-11-7-18(8-12-21)24(29)28-27-16-17-4-13-22(23(15-17)31-2)33-25(30)19-5-9-20(26)10-6-19/h3-13,15-16H,1,14H2,2H3,(H,28,29)/b27-16-. The van der Waals surface area contributed by atoms with Gasteiger partial charge in [-0.05, 0) is 72.3 Å². The summed E-state index contributed by atoms with van der Waals surface area (Å²) < 4.78 is 16.1. The van der Waals surface area contributed by atoms with Gasteiger partial charge < -0.3 is 14.2 Å². The van der Waals surface area contributed by atoms with Crippen LogP contribution in [-0.2, 0) is 0 Å². The molecule has 33 heavy (non-hydrogen) atoms. The monoisotopic (exact) mass is 464 g/mol. The number of nitrogens with one attached hydrogen (secondary N) is 1. The van der Waals surface area contributed by atoms with Gasteiger partial charge in [0.1, 0.15) is 12.4 Å². The Morgan fingerprint density at radius 3 is 2.36 bits per heavy atom. The van der Waals surface area contributed by atoms with Gasteiger partial charge in [0.05, 0.1) is 18.9 Å². The van der Waals surface area contributed by atoms with E-state index in [0.29, 0.717) is 39.8 Å². The van der Waals surface area contributed by atoms with Crippen LogP contribution >= 0.6 is 11.6 Å². The van der Waals surface area contributed by atoms with Crippen molar-refractivity contribution in [1.82, 2.24) is 5.43 Å². The van der Waals surface area contributed by atoms with Crippen molar-refractivity contribution in [3.8, 4) is 17.2 Å². The summed E-state index contributed by atoms with van der Waals surface area (Å²) in [6, 6.07) is 17.9. The average Bonchev–Trinajstić information content (AvgIpc) is 2.84. The molecule has 0 heterocycles. The predicted octanol–water partition coefficient (Wildman–Crippen LogP) is 4.90. The minimum atomic E-state index is -0.542. The number of esters is 1. The molecule has 0 saturated heterocycles. The molecule has 0 aromatic heterocycles. The number of benzene rings is 3. The molecule has 0 fully saturated rings. The highest BCUT2D eigenvalue weighted by Crippen LogP contribution is 2.28. The van der Waals surface area contributed by atoms with Gasteiger partial charge in [0.25, 0.3) is 5.91 Å². The van der Waals surface area contributed by atoms with Crippen molar-refractivity contribution in [3.05, 3.63) is 101 Å². The molecule has 0 aliphatic heterocycles. The van der Waals surface area contributed by atoms with Crippen LogP contribution in [0.15, 0.2) is 84.5 Å². The van der Waals surface area contributed by atoms with Crippen molar-refractivity contribution in [3.63, 3.8) is 0 Å². The van der Waals surface area contributed by atoms with Crippen LogP contribution in [0.5, 0.6) is 17.2 Å². The van der Waals surface area contributed by atoms with Crippen molar-refractivity contribution >= 4 is 29.7 Å². The van der Waals surface area contributed by atoms with Crippen LogP contribution in [0.4, 0.5) is 0 Å². The normalized spacial score (nSPS) is 10.5. The molecule has 0 saturated carbocycles. The van der Waals surface area contributed by atoms with E-state index in [1.165, 1.54) is 13.3 Å². The second-order valence-electron chi connectivity index (χ2n) is 6.63. The smallest absolute Gasteiger partial charge is 0.343 e. The van der Waals surface area contributed by atoms with Gasteiger partial charge in [0.15, 0.2) is 11.5 Å². The van der Waals surface area contributed by atoms with Gasteiger partial charge in [-0.25, -0.2) is 10.2 Å². The number of halogens is 1. The predicted molar refractivity (Wildman–Crippen MR) is 127 cm³/mol. The summed E-state index contributed by atoms with van der Waals surface area (Å²) >= 11 is 5.84. The number of hydrogen-bond acceptors (Lipinski definition) is 6. The fraction of sp³-hybridized carbons (Fsp3) is 0.0800. The third kappa shape index (κ3) is 6.69. The number of rotatable bonds is 9. The van der Waals surface area contributed by atoms with Gasteiger partial charge in [-0.15, -0.1) is 0 Å². The van der Waals surface area contributed by atoms with Crippen LogP contribution in [0, 0.1) is 0 Å². The summed E-state index contributed by atoms with van der Waals surface area (Å²) in [6.45, 7) is 3.97. The number of ether oxygens (including phenoxy) is 3. The second-order valence-corrected chi connectivity index (χ2v) is 7.07. The lowest BCUT2D eigenvalue weighted by atomic mass is 10.2. The fourth-order valence-electron chi connectivity index (χ4n) is 2.68. The number of hydrazone groups is 1. The molecular formula is C25H21ClN2O5. The first-order chi connectivity index (χ1) is 16.0. The largest absolute Gasteiger partial charge is 0.493 e. The molecule has 0 atom stereocenters. The summed E-state index contributed by atoms with van der Waals surface area (Å²) in [4.78, 5) is 24.6. The van der Waals surface area contributed by atoms with E-state index in [-0.39, 0.29) is 11.7 Å². The fourth-order valence-corrected chi connectivity index (χ4v) is 2.81. The molecule has 7 nitrogen and oxygen atoms in total. The zero-order valence-corrected chi connectivity index (χ0v) is 18.5. The second kappa shape index (κ2) is 11.5. The van der Waals surface area contributed by atoms with Gasteiger partial charge in [-0.2, -0.15) is 5.10 Å². The van der Waals surface area contributed by atoms with Crippen LogP contribution < -0.4 is 19.6 Å². The summed E-state index contributed by atoms with van der Waals surface area (Å²) in [6.07, 6.45) is 3.09. The highest BCUT2D eigenvalue weighted by Gasteiger charge is 2.13. The molecule has 3 rings (SSSR count). The SMILES string of the molecule is C=CCOc1ccc(C(=O)N/N=C\c2ccc(OC(=O)c3ccc(Cl)cc3)c(OC)c2)cc1. The highest BCUT2D eigenvalue weighted by atomic mass is 35.5. The van der Waals surface area contributed by atoms with E-state index in [1.54, 1.807) is 72.8 Å². The molecule has 0 spiro atoms. The Kier molecular flexibility index (Phi) is 8.21. The molecule has 0 unspecified atom stereocenters. The zero-order valence-electron chi connectivity index (χ0n) is 17.8. The van der Waals surface area contributed by atoms with E-state index >= 15 is 0 Å². The first kappa shape index (κ1) is 23.6. The molecule has 168 valence electrons. The third-order valence-corrected chi connectivity index (χ3v) is 4.59. The van der Waals surface area contributed by atoms with E-state index in [2.05, 4.69) is 17.1 Å². The molecule has 0 aliphatic rings. The van der Waals surface area contributed by atoms with Gasteiger partial charge in [0.2, 0.25) is 0 Å². The van der Waals surface area contributed by atoms with Gasteiger partial charge >= 0.3 is 5.97 Å². The molecule has 8 heteroatoms. The van der Waals surface area contributed by atoms with Crippen molar-refractivity contribution in [2.75, 3.05) is 13.7 Å². The van der Waals surface area contributed by atoms with Crippen LogP contribution in [0.2, 0.25) is 5.02 Å². The van der Waals surface area contributed by atoms with E-state index in [9.17, 15) is 9.59 Å². The van der Waals surface area contributed by atoms with Gasteiger partial charge in [-0.1, -0.05) is 24.3 Å². The van der Waals surface area contributed by atoms with Crippen molar-refractivity contribution in [2.45, 2.75) is 0 Å². The molecule has 1 amide bonds. The number of nitrogens with zero attached hydrogens (tertiary/aromatic N) is 1. The maximum absolute atomic E-state index is 12.3. The van der Waals surface area contributed by atoms with Crippen LogP contribution in [-0.4, -0.2) is 31.8 Å². The highest BCUT2D eigenvalue weighted by molar-refractivity contribution is 6.30. The number of carbonyl (C=O) groups is 2. The number of carbonyl (C=O) groups excluding carboxylic acids is 2. The topological polar surface area (TPSA) is 86.2 Å². The quantitative estimate of drug-likeness (QED) is 0.160. The van der Waals surface area contributed by atoms with Gasteiger partial charge in [-0.3, -0.25) is 4.79 Å². The molecule has 3 aromatic rings. The van der Waals surface area contributed by atoms with E-state index < -0.39 is 5.97 Å². The van der Waals surface area contributed by atoms with Crippen LogP contribution in [0.3, 0.4) is 0 Å². The Balaban J connectivity index is 1.61. The Labute approximate surface area is 196 Å². The Hall–Kier alpha value is -4.10. The Bertz CT molecular complexity index is 1160. The summed E-state index contributed by atoms with van der Waals surface area (Å²) in [5.74, 6) is 0.306. The molecule has 0 aliphatic carbocycles. The molecule has 1 N–H and O–H groups in total. The van der Waals surface area contributed by atoms with Crippen molar-refractivity contribution in [2.24, 2.45) is 5.10 Å². The Morgan fingerprint density at radius 2 is 1.70 bits per heavy atom. The lowest BCUT2D eigenvalue weighted by Gasteiger charge is -2.10. The van der Waals surface area contributed by atoms with Crippen LogP contribution in [0.1, 0.15) is 26.3 Å². The lowest BCUT2D eigenvalue weighted by molar-refractivity contribution is 0.0729. The maximum atomic E-state index is 12.3. The first-order valence-corrected chi connectivity index (χ1v) is 10.2. The summed E-state index contributed by atoms with van der Waals surface area (Å²) in [7, 11) is 1.46. The maximum Gasteiger partial charge on any atom is 0.343 e. The van der Waals surface area contributed by atoms with Gasteiger partial charge in [0, 0.05) is 10.6 Å². The van der Waals surface area contributed by atoms with Crippen molar-refractivity contribution in [1.29, 1.82) is 0 Å². The third-order valence-electron chi connectivity index (χ3n) is 4.33. The molecular weight excluding hydrogens is 444 g/mol. The zero-order chi connectivity index (χ0) is 23.6. The van der Waals surface area contributed by atoms with E-state index in [0.717, 1.165) is 0 Å². The number of amides is 1. The molecule has 0 bridgehead atoms. The lowest BCUT2D eigenvalue weighted by Crippen LogP contribution is -2.17. The van der Waals surface area contributed by atoms with Crippen LogP contribution in [0.25, 0.3) is 0 Å². The van der Waals surface area contributed by atoms with E-state index in [4.69, 9.17) is 25.8 Å². The minimum absolute atomic E-state index is 0.248.